The minimum absolute atomic E-state index is 0.0303. The average molecular weight is 350 g/mol. The zero-order valence-corrected chi connectivity index (χ0v) is 14.0. The molecule has 9 nitrogen and oxygen atoms in total. The van der Waals surface area contributed by atoms with Crippen molar-refractivity contribution in [2.45, 2.75) is 45.8 Å². The van der Waals surface area contributed by atoms with Crippen LogP contribution in [0.5, 0.6) is 0 Å². The number of phosphoric acid groups is 2. The monoisotopic (exact) mass is 350 g/mol. The number of rotatable bonds is 13. The molecule has 0 fully saturated rings. The van der Waals surface area contributed by atoms with E-state index >= 15 is 0 Å². The number of aliphatic hydroxyl groups is 2. The zero-order chi connectivity index (χ0) is 16.4. The van der Waals surface area contributed by atoms with Gasteiger partial charge in [-0.2, -0.15) is 4.31 Å². The Balaban J connectivity index is 4.62. The van der Waals surface area contributed by atoms with Crippen LogP contribution in [0.2, 0.25) is 0 Å². The highest BCUT2D eigenvalue weighted by Gasteiger charge is 2.38. The highest BCUT2D eigenvalue weighted by atomic mass is 31.3. The van der Waals surface area contributed by atoms with E-state index in [1.54, 1.807) is 0 Å². The van der Waals surface area contributed by atoms with Crippen molar-refractivity contribution in [3.8, 4) is 0 Å². The van der Waals surface area contributed by atoms with Gasteiger partial charge in [0.2, 0.25) is 0 Å². The molecule has 0 aromatic rings. The van der Waals surface area contributed by atoms with Crippen molar-refractivity contribution >= 4 is 15.6 Å². The fourth-order valence-corrected chi connectivity index (χ4v) is 3.71. The second kappa shape index (κ2) is 10.8. The maximum Gasteiger partial charge on any atom is 0.483 e. The number of hydrogen-bond donors (Lipinski definition) is 3. The number of phosphoric ester groups is 2. The Morgan fingerprint density at radius 1 is 0.952 bits per heavy atom. The van der Waals surface area contributed by atoms with E-state index in [2.05, 4.69) is 8.83 Å². The number of unbranched alkanes of at least 4 members (excludes halogenated alkanes) is 2. The van der Waals surface area contributed by atoms with E-state index in [-0.39, 0.29) is 13.2 Å². The van der Waals surface area contributed by atoms with Crippen LogP contribution in [0.1, 0.15) is 39.5 Å². The molecule has 0 aromatic carbocycles. The lowest BCUT2D eigenvalue weighted by Gasteiger charge is -2.20. The summed E-state index contributed by atoms with van der Waals surface area (Å²) in [6.45, 7) is 2.95. The Morgan fingerprint density at radius 2 is 1.43 bits per heavy atom. The van der Waals surface area contributed by atoms with Crippen LogP contribution in [0.25, 0.3) is 0 Å². The number of aliphatic hydroxyl groups excluding tert-OH is 1. The van der Waals surface area contributed by atoms with E-state index in [9.17, 15) is 14.0 Å². The van der Waals surface area contributed by atoms with E-state index in [0.717, 1.165) is 12.8 Å². The fourth-order valence-electron chi connectivity index (χ4n) is 1.04. The largest absolute Gasteiger partial charge is 0.483 e. The molecule has 0 bridgehead atoms. The second-order valence-electron chi connectivity index (χ2n) is 4.15. The van der Waals surface area contributed by atoms with Gasteiger partial charge in [-0.05, 0) is 12.8 Å². The van der Waals surface area contributed by atoms with Crippen LogP contribution in [0.3, 0.4) is 0 Å². The molecule has 128 valence electrons. The number of hydrogen-bond acceptors (Lipinski definition) is 8. The van der Waals surface area contributed by atoms with E-state index in [0.29, 0.717) is 12.8 Å². The maximum atomic E-state index is 12.2. The van der Waals surface area contributed by atoms with E-state index in [4.69, 9.17) is 19.3 Å². The lowest BCUT2D eigenvalue weighted by atomic mass is 10.4. The van der Waals surface area contributed by atoms with E-state index < -0.39 is 28.5 Å². The molecule has 0 aliphatic carbocycles. The van der Waals surface area contributed by atoms with Crippen LogP contribution in [0.4, 0.5) is 0 Å². The Hall–Kier alpha value is 0.180. The van der Waals surface area contributed by atoms with E-state index in [1.165, 1.54) is 0 Å². The molecule has 0 saturated heterocycles. The van der Waals surface area contributed by atoms with Crippen LogP contribution in [0, 0.1) is 0 Å². The fraction of sp³-hybridized carbons (Fsp3) is 1.00. The van der Waals surface area contributed by atoms with Crippen LogP contribution < -0.4 is 0 Å². The van der Waals surface area contributed by atoms with Crippen molar-refractivity contribution in [3.05, 3.63) is 0 Å². The highest BCUT2D eigenvalue weighted by molar-refractivity contribution is 7.61. The Labute approximate surface area is 124 Å². The summed E-state index contributed by atoms with van der Waals surface area (Å²) >= 11 is 0. The quantitative estimate of drug-likeness (QED) is 0.260. The van der Waals surface area contributed by atoms with Gasteiger partial charge in [0.15, 0.2) is 6.29 Å². The van der Waals surface area contributed by atoms with Crippen molar-refractivity contribution < 1.29 is 42.1 Å². The van der Waals surface area contributed by atoms with Crippen LogP contribution in [-0.4, -0.2) is 41.2 Å². The summed E-state index contributed by atoms with van der Waals surface area (Å²) in [6, 6.07) is 0. The molecule has 0 radical (unpaired) electrons. The van der Waals surface area contributed by atoms with Gasteiger partial charge in [-0.25, -0.2) is 9.13 Å². The molecule has 0 heterocycles. The molecular formula is C10H24O9P2. The zero-order valence-electron chi connectivity index (χ0n) is 12.2. The normalized spacial score (nSPS) is 15.3. The van der Waals surface area contributed by atoms with Gasteiger partial charge in [-0.15, -0.1) is 0 Å². The Bertz CT molecular complexity index is 346. The van der Waals surface area contributed by atoms with Gasteiger partial charge in [-0.3, -0.25) is 13.6 Å². The summed E-state index contributed by atoms with van der Waals surface area (Å²) in [6.07, 6.45) is 0.695. The van der Waals surface area contributed by atoms with Gasteiger partial charge >= 0.3 is 15.6 Å². The molecule has 21 heavy (non-hydrogen) atoms. The van der Waals surface area contributed by atoms with Gasteiger partial charge in [0, 0.05) is 0 Å². The van der Waals surface area contributed by atoms with Crippen molar-refractivity contribution in [1.29, 1.82) is 0 Å². The summed E-state index contributed by atoms with van der Waals surface area (Å²) in [4.78, 5) is 9.37. The molecule has 0 amide bonds. The molecule has 0 aliphatic heterocycles. The molecule has 3 N–H and O–H groups in total. The third-order valence-electron chi connectivity index (χ3n) is 2.08. The molecule has 0 saturated carbocycles. The molecule has 0 aliphatic rings. The minimum atomic E-state index is -4.80. The summed E-state index contributed by atoms with van der Waals surface area (Å²) in [5.41, 5.74) is 0. The van der Waals surface area contributed by atoms with Crippen molar-refractivity contribution in [2.24, 2.45) is 0 Å². The molecular weight excluding hydrogens is 326 g/mol. The summed E-state index contributed by atoms with van der Waals surface area (Å²) in [5, 5.41) is 17.1. The summed E-state index contributed by atoms with van der Waals surface area (Å²) in [5.74, 6) is 0. The first-order chi connectivity index (χ1) is 9.74. The lowest BCUT2D eigenvalue weighted by molar-refractivity contribution is -0.0732. The first-order valence-corrected chi connectivity index (χ1v) is 9.64. The second-order valence-corrected chi connectivity index (χ2v) is 7.41. The van der Waals surface area contributed by atoms with Gasteiger partial charge in [0.25, 0.3) is 0 Å². The van der Waals surface area contributed by atoms with Gasteiger partial charge in [-0.1, -0.05) is 26.7 Å². The molecule has 11 heteroatoms. The standard InChI is InChI=1S/C10H24O9P2/c1-3-5-7-16-21(15,17-8-6-4-2)19-20(13,14)18-9-10(11)12/h10-12H,3-9H2,1-2H3,(H,13,14). The third kappa shape index (κ3) is 11.4. The predicted molar refractivity (Wildman–Crippen MR) is 74.4 cm³/mol. The molecule has 1 atom stereocenters. The van der Waals surface area contributed by atoms with Gasteiger partial charge in [0.1, 0.15) is 6.61 Å². The Morgan fingerprint density at radius 3 is 1.81 bits per heavy atom. The van der Waals surface area contributed by atoms with Gasteiger partial charge in [0.05, 0.1) is 13.2 Å². The smallest absolute Gasteiger partial charge is 0.366 e. The van der Waals surface area contributed by atoms with Crippen LogP contribution >= 0.6 is 15.6 Å². The predicted octanol–water partition coefficient (Wildman–Crippen LogP) is 2.17. The van der Waals surface area contributed by atoms with Gasteiger partial charge < -0.3 is 15.1 Å². The SMILES string of the molecule is CCCCOP(=O)(OCCCC)OP(=O)(O)OCC(O)O. The molecule has 0 aromatic heterocycles. The average Bonchev–Trinajstić information content (AvgIpc) is 2.36. The molecule has 0 spiro atoms. The van der Waals surface area contributed by atoms with Crippen molar-refractivity contribution in [3.63, 3.8) is 0 Å². The maximum absolute atomic E-state index is 12.2. The topological polar surface area (TPSA) is 132 Å². The molecule has 0 rings (SSSR count). The highest BCUT2D eigenvalue weighted by Crippen LogP contribution is 2.63. The third-order valence-corrected chi connectivity index (χ3v) is 5.18. The van der Waals surface area contributed by atoms with Crippen molar-refractivity contribution in [1.82, 2.24) is 0 Å². The first kappa shape index (κ1) is 21.2. The first-order valence-electron chi connectivity index (χ1n) is 6.68. The van der Waals surface area contributed by atoms with Crippen LogP contribution in [-0.2, 0) is 27.0 Å². The minimum Gasteiger partial charge on any atom is -0.366 e. The lowest BCUT2D eigenvalue weighted by Crippen LogP contribution is -2.13. The molecule has 1 unspecified atom stereocenters. The van der Waals surface area contributed by atoms with Crippen LogP contribution in [0.15, 0.2) is 0 Å². The summed E-state index contributed by atoms with van der Waals surface area (Å²) < 4.78 is 42.3. The van der Waals surface area contributed by atoms with E-state index in [1.807, 2.05) is 13.8 Å². The van der Waals surface area contributed by atoms with Crippen molar-refractivity contribution in [2.75, 3.05) is 19.8 Å². The Kier molecular flexibility index (Phi) is 10.9. The summed E-state index contributed by atoms with van der Waals surface area (Å²) in [7, 11) is -9.06.